The van der Waals surface area contributed by atoms with Crippen LogP contribution in [0.2, 0.25) is 0 Å². The van der Waals surface area contributed by atoms with E-state index in [0.717, 1.165) is 13.8 Å². The van der Waals surface area contributed by atoms with Gasteiger partial charge in [0.2, 0.25) is 59.1 Å². The molecule has 0 spiro atoms. The maximum atomic E-state index is 15.2. The van der Waals surface area contributed by atoms with Crippen molar-refractivity contribution in [1.29, 1.82) is 0 Å². The average molecular weight is 1580 g/mol. The maximum absolute atomic E-state index is 15.2. The molecule has 2 aromatic carbocycles. The molecular formula is C75H117N15O22. The lowest BCUT2D eigenvalue weighted by molar-refractivity contribution is -0.137. The van der Waals surface area contributed by atoms with Gasteiger partial charge in [-0.05, 0) is 165 Å². The van der Waals surface area contributed by atoms with Crippen molar-refractivity contribution in [3.05, 3.63) is 71.8 Å². The van der Waals surface area contributed by atoms with E-state index in [9.17, 15) is 67.7 Å². The zero-order valence-corrected chi connectivity index (χ0v) is 66.9. The summed E-state index contributed by atoms with van der Waals surface area (Å²) < 4.78 is 26.8. The number of nitrogens with one attached hydrogen (secondary N) is 15. The van der Waals surface area contributed by atoms with Crippen LogP contribution in [0.4, 0.5) is 24.0 Å². The van der Waals surface area contributed by atoms with Gasteiger partial charge in [0.05, 0.1) is 12.2 Å². The third kappa shape index (κ3) is 35.6. The number of hydrogen-bond donors (Lipinski definition) is 17. The van der Waals surface area contributed by atoms with E-state index in [-0.39, 0.29) is 70.7 Å². The van der Waals surface area contributed by atoms with Crippen LogP contribution in [0.5, 0.6) is 0 Å². The normalized spacial score (nSPS) is 20.8. The summed E-state index contributed by atoms with van der Waals surface area (Å²) >= 11 is 0. The Bertz CT molecular complexity index is 3550. The van der Waals surface area contributed by atoms with Gasteiger partial charge in [0, 0.05) is 39.1 Å². The molecular weight excluding hydrogens is 1460 g/mol. The van der Waals surface area contributed by atoms with Crippen molar-refractivity contribution in [1.82, 2.24) is 79.8 Å². The average Bonchev–Trinajstić information content (AvgIpc) is 1.62. The number of benzene rings is 2. The van der Waals surface area contributed by atoms with E-state index >= 15 is 14.4 Å². The standard InChI is InChI=1S/C75H117N15O22/c1-42(2)39-52-61(98)83-47(28-35-77-66(103)109-71(5,6)7)56(93)82-49(30-37-79-68(105)111-73(11,12)13)59(96)88-54(43(3)91)63(100)76-34-27-50(58(95)81-48(29-36-78-67(104)110-72(8,9)10)57(94)85-53(62(99)84-52)40-45-23-19-17-20-24-45)86-65(102)75(32-33-75)90-64(101)55(44(4)92)89-60(97)51(31-38-80-69(106)112-74(14,15)16)87-70(107)108-41-46-25-21-18-22-26-46/h17-26,42-44,47-55,91-92H,27-41H2,1-16H3,(H,76,100)(H,77,103)(H,78,104)(H,79,105)(H,80,106)(H,81,95)(H,82,93)(H,83,98)(H,84,99)(H,85,94)(H,86,102)(H,87,107)(H,88,96)(H,89,97)(H,90,101)/t43-,44-,47+,48+,49+,50+,51+,52+,53-,54+,55+/m1/s1. The van der Waals surface area contributed by atoms with Crippen LogP contribution >= 0.6 is 0 Å². The van der Waals surface area contributed by atoms with Crippen molar-refractivity contribution >= 4 is 89.5 Å². The summed E-state index contributed by atoms with van der Waals surface area (Å²) in [7, 11) is 0. The molecule has 1 saturated heterocycles. The fourth-order valence-electron chi connectivity index (χ4n) is 10.8. The van der Waals surface area contributed by atoms with Crippen LogP contribution in [0.15, 0.2) is 60.7 Å². The Hall–Kier alpha value is -10.6. The lowest BCUT2D eigenvalue weighted by atomic mass is 10.00. The predicted molar refractivity (Wildman–Crippen MR) is 405 cm³/mol. The molecule has 17 N–H and O–H groups in total. The summed E-state index contributed by atoms with van der Waals surface area (Å²) in [4.78, 5) is 212. The number of alkyl carbamates (subject to hydrolysis) is 5. The van der Waals surface area contributed by atoms with Gasteiger partial charge in [0.15, 0.2) is 0 Å². The molecule has 624 valence electrons. The minimum absolute atomic E-state index is 0.102. The zero-order valence-electron chi connectivity index (χ0n) is 66.9. The van der Waals surface area contributed by atoms with Crippen LogP contribution in [0, 0.1) is 5.92 Å². The molecule has 1 heterocycles. The van der Waals surface area contributed by atoms with Gasteiger partial charge in [-0.15, -0.1) is 0 Å². The van der Waals surface area contributed by atoms with E-state index in [4.69, 9.17) is 23.7 Å². The van der Waals surface area contributed by atoms with E-state index in [2.05, 4.69) is 79.8 Å². The molecule has 0 aromatic heterocycles. The van der Waals surface area contributed by atoms with Crippen LogP contribution in [0.3, 0.4) is 0 Å². The highest BCUT2D eigenvalue weighted by atomic mass is 16.6. The van der Waals surface area contributed by atoms with Gasteiger partial charge in [-0.3, -0.25) is 47.9 Å². The molecule has 112 heavy (non-hydrogen) atoms. The van der Waals surface area contributed by atoms with Crippen LogP contribution in [-0.2, 0) is 84.7 Å². The van der Waals surface area contributed by atoms with Gasteiger partial charge in [-0.25, -0.2) is 24.0 Å². The number of hydrogen-bond acceptors (Lipinski definition) is 22. The molecule has 1 aliphatic carbocycles. The maximum Gasteiger partial charge on any atom is 0.408 e. The molecule has 1 aliphatic heterocycles. The van der Waals surface area contributed by atoms with Crippen LogP contribution in [-0.4, -0.2) is 227 Å². The van der Waals surface area contributed by atoms with E-state index in [1.165, 1.54) is 0 Å². The van der Waals surface area contributed by atoms with Crippen molar-refractivity contribution in [3.63, 3.8) is 0 Å². The van der Waals surface area contributed by atoms with Crippen LogP contribution < -0.4 is 79.8 Å². The Balaban J connectivity index is 1.85. The molecule has 37 heteroatoms. The molecule has 1 saturated carbocycles. The molecule has 37 nitrogen and oxygen atoms in total. The number of carbonyl (C=O) groups excluding carboxylic acids is 15. The minimum Gasteiger partial charge on any atom is -0.445 e. The monoisotopic (exact) mass is 1580 g/mol. The smallest absolute Gasteiger partial charge is 0.408 e. The first-order valence-electron chi connectivity index (χ1n) is 37.4. The summed E-state index contributed by atoms with van der Waals surface area (Å²) in [6.45, 7) is 22.9. The SMILES string of the molecule is CC(C)C[C@@H]1NC(=O)[C@@H](Cc2ccccc2)NC(=O)[C@H](CCNC(=O)OC(C)(C)C)NC(=O)[C@@H](NC(=O)C2(NC(=O)[C@@H](NC(=O)[C@H](CCNC(=O)OC(C)(C)C)NC(=O)OCc3ccccc3)[C@@H](C)O)CC2)CCNC(=O)[C@H]([C@@H](C)O)NC(=O)[C@H](CCNC(=O)OC(C)(C)C)NC(=O)[C@H](CCNC(=O)OC(C)(C)C)NC1=O. The molecule has 15 amide bonds. The summed E-state index contributed by atoms with van der Waals surface area (Å²) in [6, 6.07) is 1.55. The first-order chi connectivity index (χ1) is 52.1. The number of rotatable bonds is 27. The number of amides is 15. The topological polar surface area (TPSA) is 523 Å². The second-order valence-electron chi connectivity index (χ2n) is 31.9. The highest BCUT2D eigenvalue weighted by molar-refractivity contribution is 6.01. The first kappa shape index (κ1) is 93.8. The zero-order chi connectivity index (χ0) is 84.1. The first-order valence-corrected chi connectivity index (χ1v) is 37.4. The van der Waals surface area contributed by atoms with E-state index in [0.29, 0.717) is 11.1 Å². The van der Waals surface area contributed by atoms with Crippen molar-refractivity contribution in [2.75, 3.05) is 32.7 Å². The fraction of sp³-hybridized carbons (Fsp3) is 0.640. The molecule has 4 rings (SSSR count). The van der Waals surface area contributed by atoms with Crippen LogP contribution in [0.1, 0.15) is 173 Å². The Kier molecular flexibility index (Phi) is 36.2. The van der Waals surface area contributed by atoms with Crippen molar-refractivity contribution < 1.29 is 106 Å². The van der Waals surface area contributed by atoms with E-state index in [1.807, 2.05) is 0 Å². The predicted octanol–water partition coefficient (Wildman–Crippen LogP) is 1.04. The lowest BCUT2D eigenvalue weighted by Gasteiger charge is -2.29. The number of aliphatic hydroxyl groups excluding tert-OH is 2. The second-order valence-corrected chi connectivity index (χ2v) is 31.9. The Morgan fingerprint density at radius 1 is 0.482 bits per heavy atom. The Morgan fingerprint density at radius 3 is 1.31 bits per heavy atom. The second kappa shape index (κ2) is 43.3. The highest BCUT2D eigenvalue weighted by Gasteiger charge is 2.53. The third-order valence-electron chi connectivity index (χ3n) is 16.4. The molecule has 11 atom stereocenters. The Labute approximate surface area is 652 Å². The summed E-state index contributed by atoms with van der Waals surface area (Å²) in [5.41, 5.74) is -4.64. The van der Waals surface area contributed by atoms with Gasteiger partial charge < -0.3 is 114 Å². The fourth-order valence-corrected chi connectivity index (χ4v) is 10.8. The molecule has 0 radical (unpaired) electrons. The van der Waals surface area contributed by atoms with E-state index in [1.54, 1.807) is 158 Å². The van der Waals surface area contributed by atoms with Gasteiger partial charge >= 0.3 is 30.5 Å². The van der Waals surface area contributed by atoms with Gasteiger partial charge in [0.25, 0.3) is 0 Å². The van der Waals surface area contributed by atoms with Gasteiger partial charge in [0.1, 0.15) is 88.9 Å². The van der Waals surface area contributed by atoms with Crippen LogP contribution in [0.25, 0.3) is 0 Å². The van der Waals surface area contributed by atoms with E-state index < -0.39 is 216 Å². The lowest BCUT2D eigenvalue weighted by Crippen LogP contribution is -2.62. The van der Waals surface area contributed by atoms with Crippen molar-refractivity contribution in [2.45, 2.75) is 270 Å². The van der Waals surface area contributed by atoms with Crippen molar-refractivity contribution in [2.24, 2.45) is 5.92 Å². The number of carbonyl (C=O) groups is 15. The largest absolute Gasteiger partial charge is 0.445 e. The Morgan fingerprint density at radius 2 is 0.884 bits per heavy atom. The molecule has 2 fully saturated rings. The molecule has 2 aliphatic rings. The van der Waals surface area contributed by atoms with Gasteiger partial charge in [-0.2, -0.15) is 0 Å². The van der Waals surface area contributed by atoms with Crippen molar-refractivity contribution in [3.8, 4) is 0 Å². The highest BCUT2D eigenvalue weighted by Crippen LogP contribution is 2.36. The molecule has 2 aromatic rings. The van der Waals surface area contributed by atoms with Gasteiger partial charge in [-0.1, -0.05) is 74.5 Å². The molecule has 0 bridgehead atoms. The quantitative estimate of drug-likeness (QED) is 0.0556. The summed E-state index contributed by atoms with van der Waals surface area (Å²) in [6.07, 6.45) is -10.9. The third-order valence-corrected chi connectivity index (χ3v) is 16.4. The number of aliphatic hydroxyl groups is 2. The number of ether oxygens (including phenoxy) is 5. The minimum atomic E-state index is -1.89. The summed E-state index contributed by atoms with van der Waals surface area (Å²) in [5, 5.41) is 60.3. The summed E-state index contributed by atoms with van der Waals surface area (Å²) in [5.74, 6) is -11.0. The molecule has 0 unspecified atom stereocenters.